The van der Waals surface area contributed by atoms with Gasteiger partial charge in [0.1, 0.15) is 24.9 Å². The Kier molecular flexibility index (Phi) is 9.86. The van der Waals surface area contributed by atoms with Crippen LogP contribution in [0.25, 0.3) is 0 Å². The van der Waals surface area contributed by atoms with Gasteiger partial charge in [-0.15, -0.1) is 11.3 Å². The van der Waals surface area contributed by atoms with Crippen LogP contribution >= 0.6 is 11.3 Å². The largest absolute Gasteiger partial charge is 0.554 e. The van der Waals surface area contributed by atoms with Crippen LogP contribution in [0.2, 0.25) is 0 Å². The lowest BCUT2D eigenvalue weighted by atomic mass is 9.83. The van der Waals surface area contributed by atoms with E-state index in [2.05, 4.69) is 5.32 Å². The van der Waals surface area contributed by atoms with Gasteiger partial charge in [-0.1, -0.05) is 48.5 Å². The summed E-state index contributed by atoms with van der Waals surface area (Å²) < 4.78 is 12.2. The summed E-state index contributed by atoms with van der Waals surface area (Å²) in [5, 5.41) is 13.6. The fourth-order valence-electron chi connectivity index (χ4n) is 5.56. The molecule has 2 bridgehead atoms. The van der Waals surface area contributed by atoms with Crippen molar-refractivity contribution in [2.75, 3.05) is 33.3 Å². The van der Waals surface area contributed by atoms with E-state index in [1.165, 1.54) is 11.3 Å². The predicted molar refractivity (Wildman–Crippen MR) is 146 cm³/mol. The number of rotatable bonds is 10. The first-order chi connectivity index (χ1) is 19.0. The zero-order valence-corrected chi connectivity index (χ0v) is 22.8. The summed E-state index contributed by atoms with van der Waals surface area (Å²) in [6, 6.07) is 20.8. The van der Waals surface area contributed by atoms with E-state index in [0.29, 0.717) is 25.6 Å². The minimum atomic E-state index is -0.565. The maximum Gasteiger partial charge on any atom is 0.328 e. The molecule has 6 rings (SSSR count). The number of ketones is 1. The molecular formula is C30H34N2O6S. The molecule has 0 saturated carbocycles. The predicted octanol–water partition coefficient (Wildman–Crippen LogP) is 2.99. The van der Waals surface area contributed by atoms with Gasteiger partial charge in [0.05, 0.1) is 25.1 Å². The second-order valence-corrected chi connectivity index (χ2v) is 11.0. The minimum Gasteiger partial charge on any atom is -0.554 e. The summed E-state index contributed by atoms with van der Waals surface area (Å²) in [6.07, 6.45) is 1.82. The molecule has 39 heavy (non-hydrogen) atoms. The fraction of sp³-hybridized carbons (Fsp3) is 0.367. The van der Waals surface area contributed by atoms with Crippen LogP contribution < -0.4 is 15.2 Å². The third-order valence-corrected chi connectivity index (χ3v) is 8.53. The van der Waals surface area contributed by atoms with Gasteiger partial charge in [-0.05, 0) is 34.7 Å². The highest BCUT2D eigenvalue weighted by Gasteiger charge is 2.49. The Labute approximate surface area is 232 Å². The van der Waals surface area contributed by atoms with Gasteiger partial charge in [0.2, 0.25) is 5.78 Å². The molecule has 9 heteroatoms. The standard InChI is InChI=1S/C29H33N2O4S.CH2O2/c1-34-24-11-9-21(10-12-24)18-30-28(23-6-3-2-4-7-23)29(33)35-26-20-31(15-13-22(26)14-16-31)19-25(32)27-8-5-17-36-27;2-1-3/h2-12,17,22,26,28,30H,13-16,18-20H2,1H3;1H,(H,2,3)/q+1;/p-1/t22?,26-,28?,31?;/m0./s1. The van der Waals surface area contributed by atoms with Crippen molar-refractivity contribution in [3.63, 3.8) is 0 Å². The number of esters is 1. The number of hydrogen-bond acceptors (Lipinski definition) is 8. The number of carboxylic acid groups (broad SMARTS) is 1. The summed E-state index contributed by atoms with van der Waals surface area (Å²) in [6.45, 7) is 3.19. The Morgan fingerprint density at radius 3 is 2.38 bits per heavy atom. The monoisotopic (exact) mass is 550 g/mol. The summed E-state index contributed by atoms with van der Waals surface area (Å²) in [5.41, 5.74) is 1.94. The summed E-state index contributed by atoms with van der Waals surface area (Å²) in [5.74, 6) is 1.11. The lowest BCUT2D eigenvalue weighted by Crippen LogP contribution is -2.65. The van der Waals surface area contributed by atoms with E-state index >= 15 is 0 Å². The molecule has 3 saturated heterocycles. The SMILES string of the molecule is COc1ccc(CNC(C(=O)O[C@H]2C[N+]3(CC(=O)c4cccs4)CCC2CC3)c2ccccc2)cc1.O=C[O-]. The molecule has 3 aliphatic rings. The molecule has 0 spiro atoms. The number of Topliss-reactive ketones (excluding diaryl/α,β-unsaturated/α-hetero) is 1. The average Bonchev–Trinajstić information content (AvgIpc) is 3.51. The van der Waals surface area contributed by atoms with E-state index in [1.54, 1.807) is 7.11 Å². The first-order valence-electron chi connectivity index (χ1n) is 13.1. The zero-order valence-electron chi connectivity index (χ0n) is 22.0. The Morgan fingerprint density at radius 2 is 1.77 bits per heavy atom. The van der Waals surface area contributed by atoms with Crippen molar-refractivity contribution >= 4 is 29.6 Å². The molecule has 1 unspecified atom stereocenters. The zero-order chi connectivity index (χ0) is 27.7. The third-order valence-electron chi connectivity index (χ3n) is 7.62. The molecule has 206 valence electrons. The normalized spacial score (nSPS) is 22.2. The maximum absolute atomic E-state index is 13.5. The number of carbonyl (C=O) groups is 3. The summed E-state index contributed by atoms with van der Waals surface area (Å²) in [7, 11) is 1.65. The van der Waals surface area contributed by atoms with Gasteiger partial charge in [0.25, 0.3) is 0 Å². The Hall–Kier alpha value is -3.53. The summed E-state index contributed by atoms with van der Waals surface area (Å²) >= 11 is 1.50. The number of hydrogen-bond donors (Lipinski definition) is 1. The van der Waals surface area contributed by atoms with E-state index in [9.17, 15) is 9.59 Å². The van der Waals surface area contributed by atoms with E-state index in [1.807, 2.05) is 72.1 Å². The number of nitrogens with one attached hydrogen (secondary N) is 1. The van der Waals surface area contributed by atoms with Crippen molar-refractivity contribution in [1.82, 2.24) is 5.32 Å². The van der Waals surface area contributed by atoms with Gasteiger partial charge in [-0.2, -0.15) is 0 Å². The molecular weight excluding hydrogens is 516 g/mol. The highest BCUT2D eigenvalue weighted by molar-refractivity contribution is 7.12. The first-order valence-corrected chi connectivity index (χ1v) is 13.9. The van der Waals surface area contributed by atoms with E-state index < -0.39 is 12.5 Å². The molecule has 2 aromatic carbocycles. The van der Waals surface area contributed by atoms with E-state index in [0.717, 1.165) is 52.2 Å². The molecule has 8 nitrogen and oxygen atoms in total. The Morgan fingerprint density at radius 1 is 1.08 bits per heavy atom. The number of ether oxygens (including phenoxy) is 2. The number of thiophene rings is 1. The number of benzene rings is 2. The fourth-order valence-corrected chi connectivity index (χ4v) is 6.22. The molecule has 0 radical (unpaired) electrons. The van der Waals surface area contributed by atoms with Crippen LogP contribution in [0.5, 0.6) is 5.75 Å². The molecule has 3 aliphatic heterocycles. The van der Waals surface area contributed by atoms with Crippen LogP contribution in [0.4, 0.5) is 0 Å². The van der Waals surface area contributed by atoms with Gasteiger partial charge in [0.15, 0.2) is 6.10 Å². The number of piperidine rings is 3. The van der Waals surface area contributed by atoms with Crippen molar-refractivity contribution in [1.29, 1.82) is 0 Å². The molecule has 1 aromatic heterocycles. The van der Waals surface area contributed by atoms with Gasteiger partial charge in [-0.3, -0.25) is 10.1 Å². The second-order valence-electron chi connectivity index (χ2n) is 10.0. The quantitative estimate of drug-likeness (QED) is 0.179. The van der Waals surface area contributed by atoms with E-state index in [4.69, 9.17) is 19.4 Å². The summed E-state index contributed by atoms with van der Waals surface area (Å²) in [4.78, 5) is 35.5. The molecule has 1 N–H and O–H groups in total. The number of methoxy groups -OCH3 is 1. The topological polar surface area (TPSA) is 105 Å². The van der Waals surface area contributed by atoms with Crippen LogP contribution in [0.15, 0.2) is 72.1 Å². The first kappa shape index (κ1) is 28.5. The van der Waals surface area contributed by atoms with Crippen molar-refractivity contribution in [2.45, 2.75) is 31.5 Å². The lowest BCUT2D eigenvalue weighted by Gasteiger charge is -2.51. The molecule has 3 fully saturated rings. The Bertz CT molecular complexity index is 1210. The van der Waals surface area contributed by atoms with Crippen LogP contribution in [-0.2, 0) is 20.9 Å². The minimum absolute atomic E-state index is 0.162. The highest BCUT2D eigenvalue weighted by atomic mass is 32.1. The molecule has 0 amide bonds. The maximum atomic E-state index is 13.5. The second kappa shape index (κ2) is 13.5. The van der Waals surface area contributed by atoms with Crippen molar-refractivity contribution < 1.29 is 33.4 Å². The van der Waals surface area contributed by atoms with Crippen LogP contribution in [-0.4, -0.2) is 62.1 Å². The van der Waals surface area contributed by atoms with Crippen LogP contribution in [0, 0.1) is 5.92 Å². The van der Waals surface area contributed by atoms with Crippen LogP contribution in [0.3, 0.4) is 0 Å². The number of fused-ring (bicyclic) bond motifs is 3. The van der Waals surface area contributed by atoms with Gasteiger partial charge < -0.3 is 23.9 Å². The number of carbonyl (C=O) groups excluding carboxylic acids is 3. The van der Waals surface area contributed by atoms with Gasteiger partial charge in [-0.25, -0.2) is 4.79 Å². The van der Waals surface area contributed by atoms with Crippen molar-refractivity contribution in [2.24, 2.45) is 5.92 Å². The van der Waals surface area contributed by atoms with Crippen LogP contribution in [0.1, 0.15) is 39.7 Å². The van der Waals surface area contributed by atoms with Gasteiger partial charge in [0, 0.05) is 31.8 Å². The smallest absolute Gasteiger partial charge is 0.328 e. The molecule has 4 heterocycles. The number of quaternary nitrogens is 1. The highest BCUT2D eigenvalue weighted by Crippen LogP contribution is 2.36. The molecule has 3 aromatic rings. The van der Waals surface area contributed by atoms with Crippen molar-refractivity contribution in [3.8, 4) is 5.75 Å². The number of nitrogens with zero attached hydrogens (tertiary/aromatic N) is 1. The average molecular weight is 551 g/mol. The third kappa shape index (κ3) is 7.32. The van der Waals surface area contributed by atoms with E-state index in [-0.39, 0.29) is 17.9 Å². The molecule has 2 atom stereocenters. The Balaban J connectivity index is 0.00000112. The lowest BCUT2D eigenvalue weighted by molar-refractivity contribution is -0.938. The van der Waals surface area contributed by atoms with Crippen molar-refractivity contribution in [3.05, 3.63) is 88.1 Å². The van der Waals surface area contributed by atoms with Gasteiger partial charge >= 0.3 is 5.97 Å². The molecule has 0 aliphatic carbocycles.